The van der Waals surface area contributed by atoms with E-state index < -0.39 is 0 Å². The highest BCUT2D eigenvalue weighted by Gasteiger charge is 2.11. The lowest BCUT2D eigenvalue weighted by atomic mass is 9.99. The predicted octanol–water partition coefficient (Wildman–Crippen LogP) is 2.34. The number of aryl methyl sites for hydroxylation is 2. The van der Waals surface area contributed by atoms with Gasteiger partial charge in [-0.1, -0.05) is 30.7 Å². The number of aliphatic hydroxyl groups excluding tert-OH is 1. The van der Waals surface area contributed by atoms with Crippen LogP contribution in [0.15, 0.2) is 18.2 Å². The first-order valence-corrected chi connectivity index (χ1v) is 5.60. The van der Waals surface area contributed by atoms with Gasteiger partial charge in [0, 0.05) is 0 Å². The Bertz CT molecular complexity index is 309. The summed E-state index contributed by atoms with van der Waals surface area (Å²) >= 11 is 0. The minimum atomic E-state index is 0.0746. The molecule has 0 aliphatic rings. The smallest absolute Gasteiger partial charge is 0.0626 e. The third-order valence-electron chi connectivity index (χ3n) is 2.62. The summed E-state index contributed by atoms with van der Waals surface area (Å²) in [5, 5.41) is 12.7. The van der Waals surface area contributed by atoms with E-state index in [1.807, 2.05) is 0 Å². The highest BCUT2D eigenvalue weighted by Crippen LogP contribution is 2.18. The van der Waals surface area contributed by atoms with Crippen molar-refractivity contribution in [1.29, 1.82) is 0 Å². The molecule has 0 aromatic heterocycles. The summed E-state index contributed by atoms with van der Waals surface area (Å²) in [5.74, 6) is 0. The van der Waals surface area contributed by atoms with Crippen molar-refractivity contribution >= 4 is 0 Å². The molecule has 0 amide bonds. The molecule has 2 heteroatoms. The molecule has 0 fully saturated rings. The van der Waals surface area contributed by atoms with Crippen LogP contribution >= 0.6 is 0 Å². The minimum absolute atomic E-state index is 0.0746. The second kappa shape index (κ2) is 5.89. The van der Waals surface area contributed by atoms with Crippen molar-refractivity contribution in [3.8, 4) is 0 Å². The average molecular weight is 207 g/mol. The second-order valence-electron chi connectivity index (χ2n) is 4.05. The van der Waals surface area contributed by atoms with Crippen LogP contribution < -0.4 is 5.32 Å². The summed E-state index contributed by atoms with van der Waals surface area (Å²) in [4.78, 5) is 0. The molecule has 0 aliphatic heterocycles. The lowest BCUT2D eigenvalue weighted by Gasteiger charge is -2.18. The number of nitrogens with one attached hydrogen (secondary N) is 1. The van der Waals surface area contributed by atoms with E-state index in [0.717, 1.165) is 13.0 Å². The van der Waals surface area contributed by atoms with E-state index in [1.54, 1.807) is 0 Å². The van der Waals surface area contributed by atoms with Gasteiger partial charge in [0.2, 0.25) is 0 Å². The highest BCUT2D eigenvalue weighted by molar-refractivity contribution is 5.32. The molecule has 1 aromatic carbocycles. The number of aliphatic hydroxyl groups is 1. The fourth-order valence-corrected chi connectivity index (χ4v) is 1.81. The van der Waals surface area contributed by atoms with Gasteiger partial charge in [-0.15, -0.1) is 0 Å². The molecule has 15 heavy (non-hydrogen) atoms. The zero-order valence-corrected chi connectivity index (χ0v) is 9.88. The van der Waals surface area contributed by atoms with Crippen LogP contribution in [0, 0.1) is 13.8 Å². The van der Waals surface area contributed by atoms with Gasteiger partial charge in [-0.3, -0.25) is 0 Å². The van der Waals surface area contributed by atoms with Gasteiger partial charge < -0.3 is 10.4 Å². The first kappa shape index (κ1) is 12.2. The highest BCUT2D eigenvalue weighted by atomic mass is 16.3. The molecule has 0 bridgehead atoms. The zero-order valence-electron chi connectivity index (χ0n) is 9.88. The zero-order chi connectivity index (χ0) is 11.3. The maximum Gasteiger partial charge on any atom is 0.0626 e. The molecular weight excluding hydrogens is 186 g/mol. The molecule has 2 N–H and O–H groups in total. The van der Waals surface area contributed by atoms with Gasteiger partial charge in [-0.25, -0.2) is 0 Å². The second-order valence-corrected chi connectivity index (χ2v) is 4.05. The SMILES string of the molecule is CCCNC(CO)c1ccc(C)cc1C. The molecule has 0 spiro atoms. The van der Waals surface area contributed by atoms with Crippen LogP contribution in [0.2, 0.25) is 0 Å². The first-order chi connectivity index (χ1) is 7.19. The van der Waals surface area contributed by atoms with Crippen LogP contribution in [0.1, 0.15) is 36.1 Å². The summed E-state index contributed by atoms with van der Waals surface area (Å²) in [5.41, 5.74) is 3.72. The third-order valence-corrected chi connectivity index (χ3v) is 2.62. The fraction of sp³-hybridized carbons (Fsp3) is 0.538. The Morgan fingerprint density at radius 1 is 1.33 bits per heavy atom. The maximum absolute atomic E-state index is 9.34. The Labute approximate surface area is 92.3 Å². The van der Waals surface area contributed by atoms with Crippen molar-refractivity contribution in [2.45, 2.75) is 33.2 Å². The van der Waals surface area contributed by atoms with Gasteiger partial charge in [0.15, 0.2) is 0 Å². The van der Waals surface area contributed by atoms with Crippen LogP contribution in [0.3, 0.4) is 0 Å². The molecular formula is C13H21NO. The Morgan fingerprint density at radius 2 is 2.07 bits per heavy atom. The van der Waals surface area contributed by atoms with Crippen LogP contribution in [-0.2, 0) is 0 Å². The largest absolute Gasteiger partial charge is 0.394 e. The van der Waals surface area contributed by atoms with E-state index in [9.17, 15) is 5.11 Å². The van der Waals surface area contributed by atoms with E-state index in [0.29, 0.717) is 0 Å². The van der Waals surface area contributed by atoms with Gasteiger partial charge in [0.25, 0.3) is 0 Å². The van der Waals surface area contributed by atoms with E-state index in [2.05, 4.69) is 44.3 Å². The number of benzene rings is 1. The Kier molecular flexibility index (Phi) is 4.79. The minimum Gasteiger partial charge on any atom is -0.394 e. The standard InChI is InChI=1S/C13H21NO/c1-4-7-14-13(9-15)12-6-5-10(2)8-11(12)3/h5-6,8,13-15H,4,7,9H2,1-3H3. The molecule has 0 saturated heterocycles. The Morgan fingerprint density at radius 3 is 2.60 bits per heavy atom. The molecule has 0 radical (unpaired) electrons. The van der Waals surface area contributed by atoms with Crippen molar-refractivity contribution in [2.24, 2.45) is 0 Å². The van der Waals surface area contributed by atoms with Gasteiger partial charge >= 0.3 is 0 Å². The molecule has 0 saturated carbocycles. The Balaban J connectivity index is 2.81. The quantitative estimate of drug-likeness (QED) is 0.776. The van der Waals surface area contributed by atoms with Crippen molar-refractivity contribution in [3.63, 3.8) is 0 Å². The summed E-state index contributed by atoms with van der Waals surface area (Å²) in [6.07, 6.45) is 1.08. The maximum atomic E-state index is 9.34. The van der Waals surface area contributed by atoms with E-state index in [1.165, 1.54) is 16.7 Å². The molecule has 0 heterocycles. The molecule has 1 rings (SSSR count). The number of hydrogen-bond donors (Lipinski definition) is 2. The van der Waals surface area contributed by atoms with Crippen LogP contribution in [0.5, 0.6) is 0 Å². The molecule has 1 atom stereocenters. The molecule has 1 unspecified atom stereocenters. The van der Waals surface area contributed by atoms with E-state index >= 15 is 0 Å². The lowest BCUT2D eigenvalue weighted by molar-refractivity contribution is 0.244. The van der Waals surface area contributed by atoms with Gasteiger partial charge in [0.1, 0.15) is 0 Å². The summed E-state index contributed by atoms with van der Waals surface area (Å²) in [6, 6.07) is 6.43. The van der Waals surface area contributed by atoms with Gasteiger partial charge in [-0.05, 0) is 37.9 Å². The monoisotopic (exact) mass is 207 g/mol. The molecule has 1 aromatic rings. The number of rotatable bonds is 5. The Hall–Kier alpha value is -0.860. The molecule has 84 valence electrons. The first-order valence-electron chi connectivity index (χ1n) is 5.60. The number of hydrogen-bond acceptors (Lipinski definition) is 2. The average Bonchev–Trinajstić information content (AvgIpc) is 2.21. The summed E-state index contributed by atoms with van der Waals surface area (Å²) < 4.78 is 0. The topological polar surface area (TPSA) is 32.3 Å². The van der Waals surface area contributed by atoms with Crippen LogP contribution in [0.4, 0.5) is 0 Å². The van der Waals surface area contributed by atoms with Crippen LogP contribution in [-0.4, -0.2) is 18.3 Å². The van der Waals surface area contributed by atoms with Crippen molar-refractivity contribution in [1.82, 2.24) is 5.32 Å². The van der Waals surface area contributed by atoms with E-state index in [-0.39, 0.29) is 12.6 Å². The predicted molar refractivity (Wildman–Crippen MR) is 64.0 cm³/mol. The van der Waals surface area contributed by atoms with Gasteiger partial charge in [0.05, 0.1) is 12.6 Å². The fourth-order valence-electron chi connectivity index (χ4n) is 1.81. The van der Waals surface area contributed by atoms with Crippen LogP contribution in [0.25, 0.3) is 0 Å². The van der Waals surface area contributed by atoms with Crippen molar-refractivity contribution in [2.75, 3.05) is 13.2 Å². The summed E-state index contributed by atoms with van der Waals surface area (Å²) in [7, 11) is 0. The van der Waals surface area contributed by atoms with Crippen molar-refractivity contribution in [3.05, 3.63) is 34.9 Å². The van der Waals surface area contributed by atoms with Gasteiger partial charge in [-0.2, -0.15) is 0 Å². The molecule has 2 nitrogen and oxygen atoms in total. The van der Waals surface area contributed by atoms with E-state index in [4.69, 9.17) is 0 Å². The van der Waals surface area contributed by atoms with Crippen molar-refractivity contribution < 1.29 is 5.11 Å². The molecule has 0 aliphatic carbocycles. The lowest BCUT2D eigenvalue weighted by Crippen LogP contribution is -2.25. The third kappa shape index (κ3) is 3.33. The summed E-state index contributed by atoms with van der Waals surface area (Å²) in [6.45, 7) is 7.41. The normalized spacial score (nSPS) is 12.8.